The molecule has 0 atom stereocenters. The van der Waals surface area contributed by atoms with Gasteiger partial charge in [0, 0.05) is 30.7 Å². The molecule has 28 heavy (non-hydrogen) atoms. The van der Waals surface area contributed by atoms with Gasteiger partial charge in [-0.25, -0.2) is 9.67 Å². The molecule has 0 bridgehead atoms. The summed E-state index contributed by atoms with van der Waals surface area (Å²) in [5.41, 5.74) is 4.22. The van der Waals surface area contributed by atoms with Crippen molar-refractivity contribution in [2.75, 3.05) is 13.1 Å². The Morgan fingerprint density at radius 1 is 1.11 bits per heavy atom. The van der Waals surface area contributed by atoms with E-state index in [4.69, 9.17) is 0 Å². The molecule has 3 aromatic rings. The van der Waals surface area contributed by atoms with E-state index in [0.717, 1.165) is 25.2 Å². The molecule has 1 aromatic heterocycles. The van der Waals surface area contributed by atoms with Crippen LogP contribution in [0.3, 0.4) is 0 Å². The molecule has 1 aliphatic rings. The van der Waals surface area contributed by atoms with Crippen LogP contribution < -0.4 is 5.32 Å². The molecular weight excluding hydrogens is 350 g/mol. The fourth-order valence-electron chi connectivity index (χ4n) is 3.63. The van der Waals surface area contributed by atoms with Crippen molar-refractivity contribution in [1.82, 2.24) is 25.0 Å². The molecule has 0 spiro atoms. The average Bonchev–Trinajstić information content (AvgIpc) is 3.27. The van der Waals surface area contributed by atoms with Crippen molar-refractivity contribution < 1.29 is 4.79 Å². The summed E-state index contributed by atoms with van der Waals surface area (Å²) in [5, 5.41) is 7.20. The summed E-state index contributed by atoms with van der Waals surface area (Å²) in [6, 6.07) is 16.0. The van der Waals surface area contributed by atoms with Gasteiger partial charge in [-0.3, -0.25) is 9.69 Å². The molecule has 144 valence electrons. The zero-order valence-electron chi connectivity index (χ0n) is 16.3. The third-order valence-corrected chi connectivity index (χ3v) is 5.48. The Labute approximate surface area is 165 Å². The van der Waals surface area contributed by atoms with Crippen LogP contribution in [0.15, 0.2) is 61.2 Å². The van der Waals surface area contributed by atoms with E-state index < -0.39 is 0 Å². The maximum Gasteiger partial charge on any atom is 0.251 e. The average molecular weight is 375 g/mol. The molecule has 1 aliphatic heterocycles. The summed E-state index contributed by atoms with van der Waals surface area (Å²) in [7, 11) is 0. The van der Waals surface area contributed by atoms with Crippen LogP contribution in [-0.4, -0.2) is 44.2 Å². The van der Waals surface area contributed by atoms with E-state index in [1.165, 1.54) is 17.5 Å². The van der Waals surface area contributed by atoms with Crippen molar-refractivity contribution in [3.8, 4) is 5.69 Å². The first-order valence-corrected chi connectivity index (χ1v) is 9.58. The fourth-order valence-corrected chi connectivity index (χ4v) is 3.63. The highest BCUT2D eigenvalue weighted by molar-refractivity contribution is 5.94. The number of nitrogens with one attached hydrogen (secondary N) is 1. The van der Waals surface area contributed by atoms with Gasteiger partial charge in [-0.05, 0) is 55.7 Å². The number of amides is 1. The lowest BCUT2D eigenvalue weighted by molar-refractivity contribution is 0.0826. The third kappa shape index (κ3) is 3.82. The third-order valence-electron chi connectivity index (χ3n) is 5.48. The molecule has 0 saturated carbocycles. The van der Waals surface area contributed by atoms with Crippen LogP contribution in [0.5, 0.6) is 0 Å². The number of carbonyl (C=O) groups is 1. The monoisotopic (exact) mass is 375 g/mol. The number of nitrogens with zero attached hydrogens (tertiary/aromatic N) is 4. The number of carbonyl (C=O) groups excluding carboxylic acids is 1. The summed E-state index contributed by atoms with van der Waals surface area (Å²) in [4.78, 5) is 19.0. The van der Waals surface area contributed by atoms with Crippen LogP contribution in [0.1, 0.15) is 35.3 Å². The second kappa shape index (κ2) is 7.56. The normalized spacial score (nSPS) is 14.5. The van der Waals surface area contributed by atoms with Crippen LogP contribution in [0.4, 0.5) is 0 Å². The molecule has 2 heterocycles. The molecule has 6 nitrogen and oxygen atoms in total. The van der Waals surface area contributed by atoms with Gasteiger partial charge < -0.3 is 5.32 Å². The highest BCUT2D eigenvalue weighted by Gasteiger charge is 2.30. The summed E-state index contributed by atoms with van der Waals surface area (Å²) in [6.45, 7) is 6.90. The lowest BCUT2D eigenvalue weighted by Gasteiger charge is -2.41. The topological polar surface area (TPSA) is 63.1 Å². The molecule has 2 aromatic carbocycles. The smallest absolute Gasteiger partial charge is 0.251 e. The molecule has 0 unspecified atom stereocenters. The largest absolute Gasteiger partial charge is 0.350 e. The van der Waals surface area contributed by atoms with Crippen LogP contribution in [-0.2, 0) is 13.0 Å². The van der Waals surface area contributed by atoms with Crippen LogP contribution in [0.2, 0.25) is 0 Å². The fraction of sp³-hybridized carbons (Fsp3) is 0.318. The van der Waals surface area contributed by atoms with Crippen LogP contribution >= 0.6 is 0 Å². The number of aromatic nitrogens is 3. The minimum atomic E-state index is -0.121. The van der Waals surface area contributed by atoms with E-state index in [-0.39, 0.29) is 11.4 Å². The number of hydrogen-bond donors (Lipinski definition) is 1. The number of rotatable bonds is 5. The summed E-state index contributed by atoms with van der Waals surface area (Å²) in [6.07, 6.45) is 4.17. The predicted octanol–water partition coefficient (Wildman–Crippen LogP) is 2.83. The SMILES string of the molecule is CC(C)(CNC(=O)c1ccc(-n2cncn2)cc1)N1CCc2ccccc2C1. The Hall–Kier alpha value is -2.99. The summed E-state index contributed by atoms with van der Waals surface area (Å²) < 4.78 is 1.67. The minimum absolute atomic E-state index is 0.0596. The Morgan fingerprint density at radius 3 is 2.57 bits per heavy atom. The molecule has 1 amide bonds. The highest BCUT2D eigenvalue weighted by atomic mass is 16.1. The van der Waals surface area contributed by atoms with E-state index >= 15 is 0 Å². The van der Waals surface area contributed by atoms with E-state index in [0.29, 0.717) is 12.1 Å². The van der Waals surface area contributed by atoms with Gasteiger partial charge in [-0.2, -0.15) is 5.10 Å². The molecule has 0 radical (unpaired) electrons. The molecule has 0 aliphatic carbocycles. The number of benzene rings is 2. The molecule has 0 fully saturated rings. The molecule has 4 rings (SSSR count). The molecule has 0 saturated heterocycles. The van der Waals surface area contributed by atoms with Crippen molar-refractivity contribution in [3.05, 3.63) is 77.9 Å². The van der Waals surface area contributed by atoms with Crippen molar-refractivity contribution in [2.24, 2.45) is 0 Å². The first kappa shape index (κ1) is 18.4. The van der Waals surface area contributed by atoms with E-state index in [9.17, 15) is 4.79 Å². The maximum absolute atomic E-state index is 12.6. The Balaban J connectivity index is 1.37. The first-order valence-electron chi connectivity index (χ1n) is 9.58. The van der Waals surface area contributed by atoms with E-state index in [2.05, 4.69) is 58.4 Å². The Kier molecular flexibility index (Phi) is 4.96. The predicted molar refractivity (Wildman–Crippen MR) is 108 cm³/mol. The lowest BCUT2D eigenvalue weighted by atomic mass is 9.94. The standard InChI is InChI=1S/C22H25N5O/c1-22(2,26-12-11-17-5-3-4-6-19(17)13-26)14-24-21(28)18-7-9-20(10-8-18)27-16-23-15-25-27/h3-10,15-16H,11-14H2,1-2H3,(H,24,28). The van der Waals surface area contributed by atoms with Crippen LogP contribution in [0.25, 0.3) is 5.69 Å². The van der Waals surface area contributed by atoms with Gasteiger partial charge in [0.2, 0.25) is 0 Å². The van der Waals surface area contributed by atoms with Crippen LogP contribution in [0, 0.1) is 0 Å². The molecule has 6 heteroatoms. The zero-order chi connectivity index (χ0) is 19.6. The van der Waals surface area contributed by atoms with E-state index in [1.54, 1.807) is 11.0 Å². The van der Waals surface area contributed by atoms with Gasteiger partial charge in [0.05, 0.1) is 5.69 Å². The maximum atomic E-state index is 12.6. The van der Waals surface area contributed by atoms with E-state index in [1.807, 2.05) is 24.3 Å². The second-order valence-electron chi connectivity index (χ2n) is 7.82. The van der Waals surface area contributed by atoms with Gasteiger partial charge in [0.1, 0.15) is 12.7 Å². The highest BCUT2D eigenvalue weighted by Crippen LogP contribution is 2.25. The van der Waals surface area contributed by atoms with Gasteiger partial charge in [0.15, 0.2) is 0 Å². The van der Waals surface area contributed by atoms with Crippen molar-refractivity contribution in [3.63, 3.8) is 0 Å². The summed E-state index contributed by atoms with van der Waals surface area (Å²) >= 11 is 0. The molecular formula is C22H25N5O. The number of hydrogen-bond acceptors (Lipinski definition) is 4. The second-order valence-corrected chi connectivity index (χ2v) is 7.82. The van der Waals surface area contributed by atoms with Crippen molar-refractivity contribution in [1.29, 1.82) is 0 Å². The van der Waals surface area contributed by atoms with Gasteiger partial charge in [-0.1, -0.05) is 24.3 Å². The Morgan fingerprint density at radius 2 is 1.86 bits per heavy atom. The molecule has 1 N–H and O–H groups in total. The zero-order valence-corrected chi connectivity index (χ0v) is 16.3. The minimum Gasteiger partial charge on any atom is -0.350 e. The Bertz CT molecular complexity index is 947. The van der Waals surface area contributed by atoms with Gasteiger partial charge in [0.25, 0.3) is 5.91 Å². The number of fused-ring (bicyclic) bond motifs is 1. The summed E-state index contributed by atoms with van der Waals surface area (Å²) in [5.74, 6) is -0.0596. The van der Waals surface area contributed by atoms with Gasteiger partial charge >= 0.3 is 0 Å². The van der Waals surface area contributed by atoms with Crippen molar-refractivity contribution in [2.45, 2.75) is 32.4 Å². The van der Waals surface area contributed by atoms with Gasteiger partial charge in [-0.15, -0.1) is 0 Å². The quantitative estimate of drug-likeness (QED) is 0.745. The first-order chi connectivity index (χ1) is 13.5. The lowest BCUT2D eigenvalue weighted by Crippen LogP contribution is -2.53. The van der Waals surface area contributed by atoms with Crippen molar-refractivity contribution >= 4 is 5.91 Å².